The molecule has 3 rings (SSSR count). The molecule has 1 aliphatic rings. The van der Waals surface area contributed by atoms with Gasteiger partial charge in [0.2, 0.25) is 5.88 Å². The average Bonchev–Trinajstić information content (AvgIpc) is 2.75. The SMILES string of the molecule is Cc1nsc2ncnc(OC3CCC(N)CC3)c12. The second kappa shape index (κ2) is 4.78. The van der Waals surface area contributed by atoms with Crippen LogP contribution in [0.25, 0.3) is 10.2 Å². The maximum absolute atomic E-state index is 6.02. The third-order valence-corrected chi connectivity index (χ3v) is 4.25. The largest absolute Gasteiger partial charge is 0.474 e. The Morgan fingerprint density at radius 3 is 2.83 bits per heavy atom. The molecule has 0 bridgehead atoms. The van der Waals surface area contributed by atoms with Gasteiger partial charge in [0, 0.05) is 6.04 Å². The molecular formula is C12H16N4OS. The number of fused-ring (bicyclic) bond motifs is 1. The summed E-state index contributed by atoms with van der Waals surface area (Å²) in [6.45, 7) is 1.96. The highest BCUT2D eigenvalue weighted by molar-refractivity contribution is 7.13. The van der Waals surface area contributed by atoms with E-state index < -0.39 is 0 Å². The van der Waals surface area contributed by atoms with Gasteiger partial charge < -0.3 is 10.5 Å². The molecule has 0 radical (unpaired) electrons. The maximum Gasteiger partial charge on any atom is 0.227 e. The molecule has 96 valence electrons. The molecule has 2 aromatic rings. The summed E-state index contributed by atoms with van der Waals surface area (Å²) in [7, 11) is 0. The minimum atomic E-state index is 0.224. The highest BCUT2D eigenvalue weighted by Gasteiger charge is 2.22. The molecule has 1 fully saturated rings. The lowest BCUT2D eigenvalue weighted by atomic mass is 9.94. The van der Waals surface area contributed by atoms with Crippen molar-refractivity contribution in [1.82, 2.24) is 14.3 Å². The topological polar surface area (TPSA) is 73.9 Å². The van der Waals surface area contributed by atoms with E-state index in [0.717, 1.165) is 41.6 Å². The van der Waals surface area contributed by atoms with Crippen molar-refractivity contribution < 1.29 is 4.74 Å². The monoisotopic (exact) mass is 264 g/mol. The van der Waals surface area contributed by atoms with Crippen LogP contribution in [0.5, 0.6) is 5.88 Å². The third kappa shape index (κ3) is 2.18. The molecule has 1 aliphatic carbocycles. The Morgan fingerprint density at radius 1 is 1.28 bits per heavy atom. The van der Waals surface area contributed by atoms with Crippen molar-refractivity contribution >= 4 is 21.7 Å². The van der Waals surface area contributed by atoms with Gasteiger partial charge in [-0.3, -0.25) is 0 Å². The molecule has 1 saturated carbocycles. The van der Waals surface area contributed by atoms with E-state index in [1.165, 1.54) is 11.5 Å². The summed E-state index contributed by atoms with van der Waals surface area (Å²) in [4.78, 5) is 9.36. The molecule has 0 aromatic carbocycles. The van der Waals surface area contributed by atoms with Crippen LogP contribution in [-0.2, 0) is 0 Å². The van der Waals surface area contributed by atoms with Crippen LogP contribution in [0.3, 0.4) is 0 Å². The van der Waals surface area contributed by atoms with Gasteiger partial charge in [-0.1, -0.05) is 0 Å². The zero-order valence-electron chi connectivity index (χ0n) is 10.3. The third-order valence-electron chi connectivity index (χ3n) is 3.41. The minimum absolute atomic E-state index is 0.224. The van der Waals surface area contributed by atoms with Gasteiger partial charge in [0.1, 0.15) is 12.4 Å². The lowest BCUT2D eigenvalue weighted by Crippen LogP contribution is -2.31. The fraction of sp³-hybridized carbons (Fsp3) is 0.583. The highest BCUT2D eigenvalue weighted by Crippen LogP contribution is 2.30. The van der Waals surface area contributed by atoms with Gasteiger partial charge in [-0.15, -0.1) is 0 Å². The molecule has 0 spiro atoms. The van der Waals surface area contributed by atoms with Gasteiger partial charge in [0.05, 0.1) is 11.1 Å². The molecule has 5 nitrogen and oxygen atoms in total. The van der Waals surface area contributed by atoms with Crippen molar-refractivity contribution in [2.24, 2.45) is 5.73 Å². The molecule has 0 aliphatic heterocycles. The summed E-state index contributed by atoms with van der Waals surface area (Å²) in [5.74, 6) is 0.673. The Kier molecular flexibility index (Phi) is 3.13. The van der Waals surface area contributed by atoms with Crippen molar-refractivity contribution in [3.63, 3.8) is 0 Å². The van der Waals surface area contributed by atoms with Crippen molar-refractivity contribution in [1.29, 1.82) is 0 Å². The minimum Gasteiger partial charge on any atom is -0.474 e. The quantitative estimate of drug-likeness (QED) is 0.898. The molecule has 6 heteroatoms. The Morgan fingerprint density at radius 2 is 2.06 bits per heavy atom. The van der Waals surface area contributed by atoms with Gasteiger partial charge in [-0.05, 0) is 44.1 Å². The number of nitrogens with zero attached hydrogens (tertiary/aromatic N) is 3. The highest BCUT2D eigenvalue weighted by atomic mass is 32.1. The number of ether oxygens (including phenoxy) is 1. The van der Waals surface area contributed by atoms with Crippen LogP contribution in [0.15, 0.2) is 6.33 Å². The smallest absolute Gasteiger partial charge is 0.227 e. The molecule has 18 heavy (non-hydrogen) atoms. The number of nitrogens with two attached hydrogens (primary N) is 1. The average molecular weight is 264 g/mol. The van der Waals surface area contributed by atoms with Gasteiger partial charge in [0.15, 0.2) is 4.83 Å². The van der Waals surface area contributed by atoms with Crippen molar-refractivity contribution in [3.8, 4) is 5.88 Å². The van der Waals surface area contributed by atoms with Gasteiger partial charge >= 0.3 is 0 Å². The van der Waals surface area contributed by atoms with Gasteiger partial charge in [-0.2, -0.15) is 4.37 Å². The van der Waals surface area contributed by atoms with Crippen LogP contribution in [-0.4, -0.2) is 26.5 Å². The van der Waals surface area contributed by atoms with E-state index in [1.54, 1.807) is 6.33 Å². The fourth-order valence-corrected chi connectivity index (χ4v) is 3.08. The number of hydrogen-bond acceptors (Lipinski definition) is 6. The van der Waals surface area contributed by atoms with Crippen LogP contribution < -0.4 is 10.5 Å². The van der Waals surface area contributed by atoms with E-state index in [1.807, 2.05) is 6.92 Å². The van der Waals surface area contributed by atoms with Crippen LogP contribution in [0, 0.1) is 6.92 Å². The molecule has 2 heterocycles. The summed E-state index contributed by atoms with van der Waals surface area (Å²) in [5.41, 5.74) is 6.84. The van der Waals surface area contributed by atoms with Crippen molar-refractivity contribution in [2.75, 3.05) is 0 Å². The van der Waals surface area contributed by atoms with Crippen LogP contribution >= 0.6 is 11.5 Å². The predicted molar refractivity (Wildman–Crippen MR) is 70.8 cm³/mol. The summed E-state index contributed by atoms with van der Waals surface area (Å²) in [6, 6.07) is 0.333. The number of aryl methyl sites for hydroxylation is 1. The Labute approximate surface area is 110 Å². The van der Waals surface area contributed by atoms with E-state index in [4.69, 9.17) is 10.5 Å². The molecule has 0 amide bonds. The van der Waals surface area contributed by atoms with Crippen LogP contribution in [0.1, 0.15) is 31.4 Å². The van der Waals surface area contributed by atoms with Crippen molar-refractivity contribution in [3.05, 3.63) is 12.0 Å². The molecule has 2 N–H and O–H groups in total. The fourth-order valence-electron chi connectivity index (χ4n) is 2.34. The van der Waals surface area contributed by atoms with E-state index in [2.05, 4.69) is 14.3 Å². The van der Waals surface area contributed by atoms with E-state index in [9.17, 15) is 0 Å². The zero-order valence-corrected chi connectivity index (χ0v) is 11.1. The number of aromatic nitrogens is 3. The molecule has 0 saturated heterocycles. The first-order valence-electron chi connectivity index (χ1n) is 6.23. The maximum atomic E-state index is 6.02. The number of rotatable bonds is 2. The van der Waals surface area contributed by atoms with Crippen LogP contribution in [0.4, 0.5) is 0 Å². The lowest BCUT2D eigenvalue weighted by molar-refractivity contribution is 0.143. The molecule has 0 atom stereocenters. The molecular weight excluding hydrogens is 248 g/mol. The van der Waals surface area contributed by atoms with E-state index in [0.29, 0.717) is 11.9 Å². The normalized spacial score (nSPS) is 24.3. The Balaban J connectivity index is 1.84. The summed E-state index contributed by atoms with van der Waals surface area (Å²) in [6.07, 6.45) is 5.83. The first-order valence-corrected chi connectivity index (χ1v) is 7.00. The van der Waals surface area contributed by atoms with Crippen LogP contribution in [0.2, 0.25) is 0 Å². The van der Waals surface area contributed by atoms with E-state index >= 15 is 0 Å². The van der Waals surface area contributed by atoms with Gasteiger partial charge in [0.25, 0.3) is 0 Å². The summed E-state index contributed by atoms with van der Waals surface area (Å²) in [5, 5.41) is 0.956. The second-order valence-corrected chi connectivity index (χ2v) is 5.53. The van der Waals surface area contributed by atoms with Gasteiger partial charge in [-0.25, -0.2) is 9.97 Å². The molecule has 0 unspecified atom stereocenters. The zero-order chi connectivity index (χ0) is 12.5. The summed E-state index contributed by atoms with van der Waals surface area (Å²) >= 11 is 1.39. The lowest BCUT2D eigenvalue weighted by Gasteiger charge is -2.26. The first kappa shape index (κ1) is 11.8. The van der Waals surface area contributed by atoms with Crippen molar-refractivity contribution in [2.45, 2.75) is 44.8 Å². The summed E-state index contributed by atoms with van der Waals surface area (Å²) < 4.78 is 10.3. The number of hydrogen-bond donors (Lipinski definition) is 1. The standard InChI is InChI=1S/C12H16N4OS/c1-7-10-11(14-6-15-12(10)18-16-7)17-9-4-2-8(13)3-5-9/h6,8-9H,2-5,13H2,1H3. The predicted octanol–water partition coefficient (Wildman–Crippen LogP) is 2.04. The first-order chi connectivity index (χ1) is 8.74. The second-order valence-electron chi connectivity index (χ2n) is 4.78. The van der Waals surface area contributed by atoms with E-state index in [-0.39, 0.29) is 6.10 Å². The molecule has 2 aromatic heterocycles. The Bertz CT molecular complexity index is 548. The Hall–Kier alpha value is -1.27.